The molecule has 0 saturated carbocycles. The van der Waals surface area contributed by atoms with Crippen LogP contribution < -0.4 is 0 Å². The third kappa shape index (κ3) is 8.34. The van der Waals surface area contributed by atoms with Crippen LogP contribution in [-0.4, -0.2) is 11.6 Å². The molecule has 0 fully saturated rings. The van der Waals surface area contributed by atoms with Crippen molar-refractivity contribution in [2.24, 2.45) is 0 Å². The molecule has 0 atom stereocenters. The van der Waals surface area contributed by atoms with Gasteiger partial charge in [0.25, 0.3) is 0 Å². The van der Waals surface area contributed by atoms with Gasteiger partial charge in [0.05, 0.1) is 0 Å². The Hall–Kier alpha value is -1.57. The number of hydrogen-bond acceptors (Lipinski definition) is 2. The Bertz CT molecular complexity index is 471. The molecule has 0 aliphatic rings. The first kappa shape index (κ1) is 17.5. The molecule has 0 unspecified atom stereocenters. The normalized spacial score (nSPS) is 11.1. The minimum atomic E-state index is -0.377. The molecule has 0 amide bonds. The van der Waals surface area contributed by atoms with Gasteiger partial charge >= 0.3 is 5.97 Å². The minimum absolute atomic E-state index is 0.0959. The number of allylic oxidation sites excluding steroid dienone is 1. The summed E-state index contributed by atoms with van der Waals surface area (Å²) in [6.45, 7) is 9.91. The molecule has 0 radical (unpaired) electrons. The summed E-state index contributed by atoms with van der Waals surface area (Å²) in [5.74, 6) is -0.0959. The van der Waals surface area contributed by atoms with E-state index in [1.54, 1.807) is 0 Å². The molecule has 1 rings (SSSR count). The predicted molar refractivity (Wildman–Crippen MR) is 89.2 cm³/mol. The maximum Gasteiger partial charge on any atom is 0.306 e. The number of esters is 1. The summed E-state index contributed by atoms with van der Waals surface area (Å²) in [7, 11) is 0. The number of rotatable bonds is 6. The van der Waals surface area contributed by atoms with Crippen LogP contribution in [0, 0.1) is 0 Å². The second-order valence-corrected chi connectivity index (χ2v) is 6.76. The number of aryl methyl sites for hydroxylation is 1. The molecule has 0 aliphatic carbocycles. The van der Waals surface area contributed by atoms with Crippen LogP contribution in [0.25, 0.3) is 6.08 Å². The molecule has 0 bridgehead atoms. The van der Waals surface area contributed by atoms with Crippen LogP contribution >= 0.6 is 0 Å². The van der Waals surface area contributed by atoms with Gasteiger partial charge in [-0.1, -0.05) is 35.9 Å². The lowest BCUT2D eigenvalue weighted by molar-refractivity contribution is -0.154. The highest BCUT2D eigenvalue weighted by Gasteiger charge is 2.15. The van der Waals surface area contributed by atoms with E-state index >= 15 is 0 Å². The molecule has 1 aromatic carbocycles. The second-order valence-electron chi connectivity index (χ2n) is 6.76. The molecule has 0 spiro atoms. The zero-order valence-corrected chi connectivity index (χ0v) is 14.0. The zero-order valence-electron chi connectivity index (χ0n) is 14.0. The van der Waals surface area contributed by atoms with Gasteiger partial charge in [0.2, 0.25) is 0 Å². The maximum absolute atomic E-state index is 11.6. The summed E-state index contributed by atoms with van der Waals surface area (Å²) in [5, 5.41) is 0. The van der Waals surface area contributed by atoms with Crippen LogP contribution in [0.5, 0.6) is 0 Å². The first-order valence-corrected chi connectivity index (χ1v) is 7.72. The van der Waals surface area contributed by atoms with E-state index in [4.69, 9.17) is 4.74 Å². The van der Waals surface area contributed by atoms with Crippen LogP contribution in [0.4, 0.5) is 0 Å². The topological polar surface area (TPSA) is 26.3 Å². The molecule has 116 valence electrons. The van der Waals surface area contributed by atoms with Crippen molar-refractivity contribution in [3.63, 3.8) is 0 Å². The van der Waals surface area contributed by atoms with Crippen LogP contribution in [0.2, 0.25) is 0 Å². The molecule has 2 nitrogen and oxygen atoms in total. The molecule has 0 saturated heterocycles. The van der Waals surface area contributed by atoms with E-state index < -0.39 is 0 Å². The van der Waals surface area contributed by atoms with Gasteiger partial charge in [-0.3, -0.25) is 4.79 Å². The SMILES string of the molecule is CC(C)=Cc1ccc(CCCCC(=O)OC(C)(C)C)cc1. The first-order valence-electron chi connectivity index (χ1n) is 7.72. The largest absolute Gasteiger partial charge is 0.460 e. The van der Waals surface area contributed by atoms with E-state index in [1.807, 2.05) is 20.8 Å². The third-order valence-corrected chi connectivity index (χ3v) is 2.95. The van der Waals surface area contributed by atoms with Gasteiger partial charge in [-0.15, -0.1) is 0 Å². The fraction of sp³-hybridized carbons (Fsp3) is 0.526. The Balaban J connectivity index is 2.30. The van der Waals surface area contributed by atoms with E-state index in [2.05, 4.69) is 44.2 Å². The van der Waals surface area contributed by atoms with E-state index in [1.165, 1.54) is 16.7 Å². The van der Waals surface area contributed by atoms with Crippen molar-refractivity contribution in [2.45, 2.75) is 65.9 Å². The average Bonchev–Trinajstić information content (AvgIpc) is 2.34. The highest BCUT2D eigenvalue weighted by Crippen LogP contribution is 2.13. The summed E-state index contributed by atoms with van der Waals surface area (Å²) in [5.41, 5.74) is 3.50. The molecular weight excluding hydrogens is 260 g/mol. The monoisotopic (exact) mass is 288 g/mol. The average molecular weight is 288 g/mol. The molecule has 0 aromatic heterocycles. The molecule has 0 heterocycles. The Morgan fingerprint density at radius 1 is 1.10 bits per heavy atom. The van der Waals surface area contributed by atoms with Crippen molar-refractivity contribution < 1.29 is 9.53 Å². The number of hydrogen-bond donors (Lipinski definition) is 0. The quantitative estimate of drug-likeness (QED) is 0.533. The van der Waals surface area contributed by atoms with Gasteiger partial charge in [0.15, 0.2) is 0 Å². The fourth-order valence-electron chi connectivity index (χ4n) is 2.10. The summed E-state index contributed by atoms with van der Waals surface area (Å²) in [6, 6.07) is 8.64. The fourth-order valence-corrected chi connectivity index (χ4v) is 2.10. The Labute approximate surface area is 129 Å². The second kappa shape index (κ2) is 8.02. The number of carbonyl (C=O) groups excluding carboxylic acids is 1. The van der Waals surface area contributed by atoms with Crippen LogP contribution in [-0.2, 0) is 16.0 Å². The van der Waals surface area contributed by atoms with Crippen molar-refractivity contribution in [1.29, 1.82) is 0 Å². The van der Waals surface area contributed by atoms with Crippen LogP contribution in [0.15, 0.2) is 29.8 Å². The van der Waals surface area contributed by atoms with Gasteiger partial charge in [0.1, 0.15) is 5.60 Å². The van der Waals surface area contributed by atoms with Crippen molar-refractivity contribution in [2.75, 3.05) is 0 Å². The van der Waals surface area contributed by atoms with E-state index in [-0.39, 0.29) is 11.6 Å². The van der Waals surface area contributed by atoms with Gasteiger partial charge in [0, 0.05) is 6.42 Å². The Kier molecular flexibility index (Phi) is 6.67. The van der Waals surface area contributed by atoms with Gasteiger partial charge in [-0.25, -0.2) is 0 Å². The summed E-state index contributed by atoms with van der Waals surface area (Å²) in [6.07, 6.45) is 5.59. The van der Waals surface area contributed by atoms with E-state index in [0.717, 1.165) is 19.3 Å². The molecule has 0 N–H and O–H groups in total. The number of unbranched alkanes of at least 4 members (excludes halogenated alkanes) is 1. The Morgan fingerprint density at radius 3 is 2.24 bits per heavy atom. The molecule has 21 heavy (non-hydrogen) atoms. The van der Waals surface area contributed by atoms with Crippen LogP contribution in [0.3, 0.4) is 0 Å². The molecule has 1 aromatic rings. The predicted octanol–water partition coefficient (Wildman–Crippen LogP) is 5.16. The van der Waals surface area contributed by atoms with Crippen molar-refractivity contribution >= 4 is 12.0 Å². The minimum Gasteiger partial charge on any atom is -0.460 e. The third-order valence-electron chi connectivity index (χ3n) is 2.95. The molecule has 0 aliphatic heterocycles. The standard InChI is InChI=1S/C19H28O2/c1-15(2)14-17-12-10-16(11-13-17)8-6-7-9-18(20)21-19(3,4)5/h10-14H,6-9H2,1-5H3. The first-order chi connectivity index (χ1) is 9.76. The number of ether oxygens (including phenoxy) is 1. The van der Waals surface area contributed by atoms with Crippen molar-refractivity contribution in [3.05, 3.63) is 41.0 Å². The van der Waals surface area contributed by atoms with E-state index in [0.29, 0.717) is 6.42 Å². The van der Waals surface area contributed by atoms with Crippen molar-refractivity contribution in [3.8, 4) is 0 Å². The van der Waals surface area contributed by atoms with E-state index in [9.17, 15) is 4.79 Å². The summed E-state index contributed by atoms with van der Waals surface area (Å²) >= 11 is 0. The number of benzene rings is 1. The summed E-state index contributed by atoms with van der Waals surface area (Å²) in [4.78, 5) is 11.6. The lowest BCUT2D eigenvalue weighted by atomic mass is 10.0. The lowest BCUT2D eigenvalue weighted by Crippen LogP contribution is -2.23. The molecular formula is C19H28O2. The maximum atomic E-state index is 11.6. The van der Waals surface area contributed by atoms with Gasteiger partial charge < -0.3 is 4.74 Å². The van der Waals surface area contributed by atoms with Crippen LogP contribution in [0.1, 0.15) is 65.0 Å². The van der Waals surface area contributed by atoms with Gasteiger partial charge in [-0.05, 0) is 65.0 Å². The Morgan fingerprint density at radius 2 is 1.71 bits per heavy atom. The smallest absolute Gasteiger partial charge is 0.306 e. The highest BCUT2D eigenvalue weighted by molar-refractivity contribution is 5.69. The van der Waals surface area contributed by atoms with Crippen molar-refractivity contribution in [1.82, 2.24) is 0 Å². The summed E-state index contributed by atoms with van der Waals surface area (Å²) < 4.78 is 5.30. The molecule has 2 heteroatoms. The number of carbonyl (C=O) groups is 1. The zero-order chi connectivity index (χ0) is 15.9. The lowest BCUT2D eigenvalue weighted by Gasteiger charge is -2.19. The highest BCUT2D eigenvalue weighted by atomic mass is 16.6. The van der Waals surface area contributed by atoms with Gasteiger partial charge in [-0.2, -0.15) is 0 Å².